The van der Waals surface area contributed by atoms with Crippen molar-refractivity contribution >= 4 is 5.69 Å². The monoisotopic (exact) mass is 249 g/mol. The van der Waals surface area contributed by atoms with Gasteiger partial charge in [-0.15, -0.1) is 0 Å². The summed E-state index contributed by atoms with van der Waals surface area (Å²) in [5, 5.41) is 9.53. The smallest absolute Gasteiger partial charge is 0.131 e. The van der Waals surface area contributed by atoms with Crippen LogP contribution in [0.1, 0.15) is 57.5 Å². The molecule has 1 aliphatic carbocycles. The summed E-state index contributed by atoms with van der Waals surface area (Å²) in [6.07, 6.45) is 5.49. The van der Waals surface area contributed by atoms with Crippen LogP contribution in [-0.4, -0.2) is 27.7 Å². The molecule has 1 aliphatic rings. The maximum Gasteiger partial charge on any atom is 0.131 e. The lowest BCUT2D eigenvalue weighted by Gasteiger charge is -2.25. The largest absolute Gasteiger partial charge is 0.390 e. The Bertz CT molecular complexity index is 402. The first-order chi connectivity index (χ1) is 8.67. The SMILES string of the molecule is CCCN(c1cnc(C(C)C)nc1CO)C1CC1. The van der Waals surface area contributed by atoms with Gasteiger partial charge in [-0.25, -0.2) is 9.97 Å². The van der Waals surface area contributed by atoms with Gasteiger partial charge in [0.1, 0.15) is 5.82 Å². The standard InChI is InChI=1S/C14H23N3O/c1-4-7-17(11-5-6-11)13-8-15-14(10(2)3)16-12(13)9-18/h8,10-11,18H,4-7,9H2,1-3H3. The van der Waals surface area contributed by atoms with E-state index in [2.05, 4.69) is 35.6 Å². The van der Waals surface area contributed by atoms with E-state index in [1.807, 2.05) is 6.20 Å². The van der Waals surface area contributed by atoms with Crippen molar-refractivity contribution < 1.29 is 5.11 Å². The fourth-order valence-electron chi connectivity index (χ4n) is 2.19. The van der Waals surface area contributed by atoms with Crippen molar-refractivity contribution in [3.63, 3.8) is 0 Å². The topological polar surface area (TPSA) is 49.2 Å². The Balaban J connectivity index is 2.30. The second-order valence-electron chi connectivity index (χ2n) is 5.30. The van der Waals surface area contributed by atoms with Crippen LogP contribution in [-0.2, 0) is 6.61 Å². The first-order valence-corrected chi connectivity index (χ1v) is 6.90. The molecule has 18 heavy (non-hydrogen) atoms. The Labute approximate surface area is 109 Å². The van der Waals surface area contributed by atoms with E-state index in [1.165, 1.54) is 12.8 Å². The molecular weight excluding hydrogens is 226 g/mol. The second kappa shape index (κ2) is 5.65. The summed E-state index contributed by atoms with van der Waals surface area (Å²) in [7, 11) is 0. The summed E-state index contributed by atoms with van der Waals surface area (Å²) in [4.78, 5) is 11.3. The number of rotatable bonds is 6. The number of anilines is 1. The number of hydrogen-bond donors (Lipinski definition) is 1. The molecule has 1 aromatic rings. The van der Waals surface area contributed by atoms with Gasteiger partial charge in [-0.05, 0) is 19.3 Å². The molecule has 100 valence electrons. The Kier molecular flexibility index (Phi) is 4.17. The van der Waals surface area contributed by atoms with Crippen molar-refractivity contribution in [1.82, 2.24) is 9.97 Å². The van der Waals surface area contributed by atoms with Crippen LogP contribution in [0, 0.1) is 0 Å². The Hall–Kier alpha value is -1.16. The Morgan fingerprint density at radius 2 is 2.17 bits per heavy atom. The van der Waals surface area contributed by atoms with Crippen molar-refractivity contribution in [1.29, 1.82) is 0 Å². The van der Waals surface area contributed by atoms with Gasteiger partial charge in [-0.1, -0.05) is 20.8 Å². The molecule has 1 saturated carbocycles. The average molecular weight is 249 g/mol. The van der Waals surface area contributed by atoms with E-state index < -0.39 is 0 Å². The zero-order valence-corrected chi connectivity index (χ0v) is 11.6. The fourth-order valence-corrected chi connectivity index (χ4v) is 2.19. The van der Waals surface area contributed by atoms with Gasteiger partial charge in [0.05, 0.1) is 24.2 Å². The van der Waals surface area contributed by atoms with Crippen molar-refractivity contribution in [3.05, 3.63) is 17.7 Å². The fraction of sp³-hybridized carbons (Fsp3) is 0.714. The maximum absolute atomic E-state index is 9.53. The lowest BCUT2D eigenvalue weighted by molar-refractivity contribution is 0.276. The van der Waals surface area contributed by atoms with Crippen LogP contribution in [0.2, 0.25) is 0 Å². The first-order valence-electron chi connectivity index (χ1n) is 6.90. The average Bonchev–Trinajstić information content (AvgIpc) is 3.19. The highest BCUT2D eigenvalue weighted by atomic mass is 16.3. The van der Waals surface area contributed by atoms with Crippen LogP contribution in [0.15, 0.2) is 6.20 Å². The van der Waals surface area contributed by atoms with Crippen LogP contribution in [0.5, 0.6) is 0 Å². The molecule has 1 aromatic heterocycles. The van der Waals surface area contributed by atoms with E-state index >= 15 is 0 Å². The molecule has 1 N–H and O–H groups in total. The summed E-state index contributed by atoms with van der Waals surface area (Å²) in [6, 6.07) is 0.628. The second-order valence-corrected chi connectivity index (χ2v) is 5.30. The summed E-state index contributed by atoms with van der Waals surface area (Å²) in [6.45, 7) is 7.33. The summed E-state index contributed by atoms with van der Waals surface area (Å²) >= 11 is 0. The molecule has 0 radical (unpaired) electrons. The summed E-state index contributed by atoms with van der Waals surface area (Å²) in [5.41, 5.74) is 1.79. The maximum atomic E-state index is 9.53. The molecule has 0 bridgehead atoms. The van der Waals surface area contributed by atoms with Gasteiger partial charge in [-0.3, -0.25) is 0 Å². The molecule has 1 fully saturated rings. The molecule has 0 saturated heterocycles. The van der Waals surface area contributed by atoms with Crippen LogP contribution in [0.25, 0.3) is 0 Å². The molecule has 4 heteroatoms. The minimum absolute atomic E-state index is 0.00942. The number of aliphatic hydroxyl groups excluding tert-OH is 1. The van der Waals surface area contributed by atoms with Gasteiger partial charge in [0.25, 0.3) is 0 Å². The van der Waals surface area contributed by atoms with Gasteiger partial charge in [-0.2, -0.15) is 0 Å². The molecule has 2 rings (SSSR count). The molecule has 1 heterocycles. The van der Waals surface area contributed by atoms with E-state index in [9.17, 15) is 5.11 Å². The molecule has 0 atom stereocenters. The first kappa shape index (κ1) is 13.3. The van der Waals surface area contributed by atoms with Crippen LogP contribution >= 0.6 is 0 Å². The third kappa shape index (κ3) is 2.80. The lowest BCUT2D eigenvalue weighted by Crippen LogP contribution is -2.28. The quantitative estimate of drug-likeness (QED) is 0.841. The normalized spacial score (nSPS) is 15.2. The zero-order valence-electron chi connectivity index (χ0n) is 11.6. The summed E-state index contributed by atoms with van der Waals surface area (Å²) in [5.74, 6) is 1.11. The van der Waals surface area contributed by atoms with E-state index in [0.717, 1.165) is 30.2 Å². The van der Waals surface area contributed by atoms with Gasteiger partial charge in [0, 0.05) is 18.5 Å². The molecule has 0 unspecified atom stereocenters. The Morgan fingerprint density at radius 3 is 2.67 bits per heavy atom. The number of aromatic nitrogens is 2. The molecular formula is C14H23N3O. The van der Waals surface area contributed by atoms with Crippen LogP contribution < -0.4 is 4.90 Å². The number of hydrogen-bond acceptors (Lipinski definition) is 4. The minimum Gasteiger partial charge on any atom is -0.390 e. The molecule has 0 spiro atoms. The van der Waals surface area contributed by atoms with E-state index in [-0.39, 0.29) is 6.61 Å². The van der Waals surface area contributed by atoms with Crippen molar-refractivity contribution in [2.75, 3.05) is 11.4 Å². The zero-order chi connectivity index (χ0) is 13.1. The highest BCUT2D eigenvalue weighted by Gasteiger charge is 2.30. The predicted molar refractivity (Wildman–Crippen MR) is 72.7 cm³/mol. The van der Waals surface area contributed by atoms with Gasteiger partial charge < -0.3 is 10.0 Å². The predicted octanol–water partition coefficient (Wildman–Crippen LogP) is 2.47. The highest BCUT2D eigenvalue weighted by molar-refractivity contribution is 5.51. The van der Waals surface area contributed by atoms with Gasteiger partial charge in [0.15, 0.2) is 0 Å². The van der Waals surface area contributed by atoms with Gasteiger partial charge >= 0.3 is 0 Å². The summed E-state index contributed by atoms with van der Waals surface area (Å²) < 4.78 is 0. The van der Waals surface area contributed by atoms with Crippen LogP contribution in [0.4, 0.5) is 5.69 Å². The van der Waals surface area contributed by atoms with Crippen molar-refractivity contribution in [2.45, 2.75) is 58.6 Å². The van der Waals surface area contributed by atoms with E-state index in [1.54, 1.807) is 0 Å². The molecule has 0 aromatic carbocycles. The molecule has 0 aliphatic heterocycles. The van der Waals surface area contributed by atoms with Gasteiger partial charge in [0.2, 0.25) is 0 Å². The highest BCUT2D eigenvalue weighted by Crippen LogP contribution is 2.33. The third-order valence-electron chi connectivity index (χ3n) is 3.29. The molecule has 0 amide bonds. The Morgan fingerprint density at radius 1 is 1.44 bits per heavy atom. The molecule has 4 nitrogen and oxygen atoms in total. The minimum atomic E-state index is -0.00942. The van der Waals surface area contributed by atoms with Crippen LogP contribution in [0.3, 0.4) is 0 Å². The van der Waals surface area contributed by atoms with Crippen molar-refractivity contribution in [2.24, 2.45) is 0 Å². The third-order valence-corrected chi connectivity index (χ3v) is 3.29. The van der Waals surface area contributed by atoms with E-state index in [0.29, 0.717) is 12.0 Å². The van der Waals surface area contributed by atoms with Crippen molar-refractivity contribution in [3.8, 4) is 0 Å². The number of nitrogens with zero attached hydrogens (tertiary/aromatic N) is 3. The number of aliphatic hydroxyl groups is 1. The lowest BCUT2D eigenvalue weighted by atomic mass is 10.2. The van der Waals surface area contributed by atoms with E-state index in [4.69, 9.17) is 0 Å².